The Balaban J connectivity index is 1.54. The molecule has 0 spiro atoms. The van der Waals surface area contributed by atoms with Crippen LogP contribution in [0.25, 0.3) is 0 Å². The number of carbonyl (C=O) groups excluding carboxylic acids is 1. The number of sulfonamides is 1. The first-order chi connectivity index (χ1) is 14.4. The van der Waals surface area contributed by atoms with E-state index in [0.29, 0.717) is 18.4 Å². The Bertz CT molecular complexity index is 1130. The van der Waals surface area contributed by atoms with Gasteiger partial charge in [0.05, 0.1) is 7.11 Å². The molecule has 1 aromatic heterocycles. The number of carbonyl (C=O) groups is 1. The summed E-state index contributed by atoms with van der Waals surface area (Å²) in [6, 6.07) is 14.7. The fourth-order valence-corrected chi connectivity index (χ4v) is 4.76. The number of benzene rings is 2. The summed E-state index contributed by atoms with van der Waals surface area (Å²) in [5.41, 5.74) is 2.36. The quantitative estimate of drug-likeness (QED) is 0.386. The van der Waals surface area contributed by atoms with Gasteiger partial charge in [-0.25, -0.2) is 13.1 Å². The Morgan fingerprint density at radius 3 is 2.70 bits per heavy atom. The number of nitrogens with one attached hydrogen (secondary N) is 2. The highest BCUT2D eigenvalue weighted by atomic mass is 32.2. The number of anilines is 1. The highest BCUT2D eigenvalue weighted by molar-refractivity contribution is 7.91. The van der Waals surface area contributed by atoms with Crippen LogP contribution in [-0.2, 0) is 16.4 Å². The molecule has 0 radical (unpaired) electrons. The Morgan fingerprint density at radius 2 is 1.93 bits per heavy atom. The van der Waals surface area contributed by atoms with E-state index in [1.54, 1.807) is 19.2 Å². The standard InChI is InChI=1S/C20H22N4O4S2/c1-14-7-3-4-11-17(14)18(25)22-19-23-24-20(29-19)30(26,27)21-12-6-9-15-8-5-10-16(13-15)28-2/h3-5,7-8,10-11,13,21H,6,9,12H2,1-2H3,(H,22,23,25). The lowest BCUT2D eigenvalue weighted by atomic mass is 10.1. The van der Waals surface area contributed by atoms with Crippen LogP contribution in [0, 0.1) is 6.92 Å². The van der Waals surface area contributed by atoms with Gasteiger partial charge in [0.15, 0.2) is 0 Å². The number of rotatable bonds is 9. The summed E-state index contributed by atoms with van der Waals surface area (Å²) in [5, 5.41) is 10.2. The largest absolute Gasteiger partial charge is 0.497 e. The van der Waals surface area contributed by atoms with Gasteiger partial charge in [-0.2, -0.15) is 0 Å². The molecule has 1 heterocycles. The van der Waals surface area contributed by atoms with Crippen molar-refractivity contribution in [1.82, 2.24) is 14.9 Å². The van der Waals surface area contributed by atoms with E-state index < -0.39 is 10.0 Å². The summed E-state index contributed by atoms with van der Waals surface area (Å²) in [5.74, 6) is 0.404. The summed E-state index contributed by atoms with van der Waals surface area (Å²) in [6.07, 6.45) is 1.32. The van der Waals surface area contributed by atoms with Crippen LogP contribution in [0.5, 0.6) is 5.75 Å². The van der Waals surface area contributed by atoms with E-state index in [1.165, 1.54) is 0 Å². The van der Waals surface area contributed by atoms with Gasteiger partial charge in [0, 0.05) is 12.1 Å². The second-order valence-corrected chi connectivity index (χ2v) is 9.41. The van der Waals surface area contributed by atoms with E-state index in [4.69, 9.17) is 4.74 Å². The SMILES string of the molecule is COc1cccc(CCCNS(=O)(=O)c2nnc(NC(=O)c3ccccc3C)s2)c1. The summed E-state index contributed by atoms with van der Waals surface area (Å²) in [4.78, 5) is 12.3. The normalized spacial score (nSPS) is 11.3. The zero-order valence-corrected chi connectivity index (χ0v) is 18.2. The van der Waals surface area contributed by atoms with Crippen LogP contribution in [0.4, 0.5) is 5.13 Å². The smallest absolute Gasteiger partial charge is 0.269 e. The fourth-order valence-electron chi connectivity index (χ4n) is 2.75. The van der Waals surface area contributed by atoms with Crippen molar-refractivity contribution >= 4 is 32.4 Å². The van der Waals surface area contributed by atoms with Crippen LogP contribution in [0.2, 0.25) is 0 Å². The number of ether oxygens (including phenoxy) is 1. The van der Waals surface area contributed by atoms with E-state index in [-0.39, 0.29) is 21.9 Å². The predicted molar refractivity (Wildman–Crippen MR) is 116 cm³/mol. The van der Waals surface area contributed by atoms with Gasteiger partial charge in [-0.05, 0) is 49.1 Å². The van der Waals surface area contributed by atoms with Gasteiger partial charge in [-0.1, -0.05) is 41.7 Å². The minimum absolute atomic E-state index is 0.125. The number of amides is 1. The molecule has 0 saturated heterocycles. The molecule has 3 aromatic rings. The molecule has 0 unspecified atom stereocenters. The van der Waals surface area contributed by atoms with Crippen molar-refractivity contribution in [3.05, 3.63) is 65.2 Å². The maximum atomic E-state index is 12.4. The molecule has 3 rings (SSSR count). The predicted octanol–water partition coefficient (Wildman–Crippen LogP) is 3.02. The van der Waals surface area contributed by atoms with E-state index in [0.717, 1.165) is 28.2 Å². The fraction of sp³-hybridized carbons (Fsp3) is 0.250. The van der Waals surface area contributed by atoms with Gasteiger partial charge < -0.3 is 4.74 Å². The van der Waals surface area contributed by atoms with Gasteiger partial charge >= 0.3 is 0 Å². The van der Waals surface area contributed by atoms with Crippen LogP contribution in [0.3, 0.4) is 0 Å². The zero-order valence-electron chi connectivity index (χ0n) is 16.6. The minimum Gasteiger partial charge on any atom is -0.497 e. The van der Waals surface area contributed by atoms with E-state index in [2.05, 4.69) is 20.2 Å². The Labute approximate surface area is 179 Å². The van der Waals surface area contributed by atoms with Gasteiger partial charge in [-0.15, -0.1) is 10.2 Å². The molecule has 0 aliphatic heterocycles. The summed E-state index contributed by atoms with van der Waals surface area (Å²) < 4.78 is 32.4. The molecule has 0 aliphatic carbocycles. The molecule has 2 N–H and O–H groups in total. The monoisotopic (exact) mass is 446 g/mol. The van der Waals surface area contributed by atoms with Crippen molar-refractivity contribution in [1.29, 1.82) is 0 Å². The Hall–Kier alpha value is -2.82. The summed E-state index contributed by atoms with van der Waals surface area (Å²) in [6.45, 7) is 2.07. The maximum absolute atomic E-state index is 12.4. The van der Waals surface area contributed by atoms with Gasteiger partial charge in [-0.3, -0.25) is 10.1 Å². The number of aryl methyl sites for hydroxylation is 2. The number of nitrogens with zero attached hydrogens (tertiary/aromatic N) is 2. The van der Waals surface area contributed by atoms with Crippen LogP contribution in [-0.4, -0.2) is 38.2 Å². The van der Waals surface area contributed by atoms with Crippen molar-refractivity contribution in [2.24, 2.45) is 0 Å². The number of methoxy groups -OCH3 is 1. The first-order valence-corrected chi connectivity index (χ1v) is 11.5. The molecule has 0 saturated carbocycles. The molecule has 158 valence electrons. The Morgan fingerprint density at radius 1 is 1.13 bits per heavy atom. The van der Waals surface area contributed by atoms with Crippen molar-refractivity contribution < 1.29 is 17.9 Å². The van der Waals surface area contributed by atoms with Crippen LogP contribution in [0.15, 0.2) is 52.9 Å². The minimum atomic E-state index is -3.80. The molecule has 0 aliphatic rings. The average molecular weight is 447 g/mol. The second kappa shape index (κ2) is 9.79. The second-order valence-electron chi connectivity index (χ2n) is 6.50. The summed E-state index contributed by atoms with van der Waals surface area (Å²) >= 11 is 0.807. The molecule has 0 atom stereocenters. The summed E-state index contributed by atoms with van der Waals surface area (Å²) in [7, 11) is -2.19. The lowest BCUT2D eigenvalue weighted by Gasteiger charge is -2.06. The maximum Gasteiger partial charge on any atom is 0.269 e. The topological polar surface area (TPSA) is 110 Å². The third-order valence-corrected chi connectivity index (χ3v) is 6.98. The molecule has 2 aromatic carbocycles. The highest BCUT2D eigenvalue weighted by Crippen LogP contribution is 2.21. The van der Waals surface area contributed by atoms with E-state index >= 15 is 0 Å². The van der Waals surface area contributed by atoms with Crippen molar-refractivity contribution in [3.8, 4) is 5.75 Å². The van der Waals surface area contributed by atoms with Crippen molar-refractivity contribution in [3.63, 3.8) is 0 Å². The van der Waals surface area contributed by atoms with Crippen molar-refractivity contribution in [2.75, 3.05) is 19.0 Å². The molecule has 8 nitrogen and oxygen atoms in total. The van der Waals surface area contributed by atoms with Crippen LogP contribution >= 0.6 is 11.3 Å². The number of aromatic nitrogens is 2. The van der Waals surface area contributed by atoms with Crippen LogP contribution < -0.4 is 14.8 Å². The molecule has 30 heavy (non-hydrogen) atoms. The van der Waals surface area contributed by atoms with E-state index in [9.17, 15) is 13.2 Å². The molecule has 1 amide bonds. The lowest BCUT2D eigenvalue weighted by molar-refractivity contribution is 0.102. The van der Waals surface area contributed by atoms with Crippen LogP contribution in [0.1, 0.15) is 27.9 Å². The Kier molecular flexibility index (Phi) is 7.14. The lowest BCUT2D eigenvalue weighted by Crippen LogP contribution is -2.25. The number of hydrogen-bond donors (Lipinski definition) is 2. The van der Waals surface area contributed by atoms with Gasteiger partial charge in [0.1, 0.15) is 5.75 Å². The number of hydrogen-bond acceptors (Lipinski definition) is 7. The van der Waals surface area contributed by atoms with E-state index in [1.807, 2.05) is 43.3 Å². The molecular formula is C20H22N4O4S2. The molecule has 0 fully saturated rings. The third kappa shape index (κ3) is 5.62. The average Bonchev–Trinajstić information content (AvgIpc) is 3.21. The first-order valence-electron chi connectivity index (χ1n) is 9.22. The van der Waals surface area contributed by atoms with Gasteiger partial charge in [0.25, 0.3) is 15.9 Å². The first kappa shape index (κ1) is 21.9. The molecule has 0 bridgehead atoms. The van der Waals surface area contributed by atoms with Gasteiger partial charge in [0.2, 0.25) is 9.47 Å². The highest BCUT2D eigenvalue weighted by Gasteiger charge is 2.21. The van der Waals surface area contributed by atoms with Crippen molar-refractivity contribution in [2.45, 2.75) is 24.1 Å². The third-order valence-electron chi connectivity index (χ3n) is 4.31. The molecular weight excluding hydrogens is 424 g/mol. The molecule has 10 heteroatoms. The zero-order chi connectivity index (χ0) is 21.6.